The van der Waals surface area contributed by atoms with Gasteiger partial charge in [0, 0.05) is 18.7 Å². The van der Waals surface area contributed by atoms with E-state index in [1.807, 2.05) is 85.4 Å². The number of likely N-dealkylation sites (tertiary alicyclic amines) is 2. The normalized spacial score (nSPS) is 17.8. The monoisotopic (exact) mass is 792 g/mol. The average Bonchev–Trinajstić information content (AvgIpc) is 4.09. The summed E-state index contributed by atoms with van der Waals surface area (Å²) in [5, 5.41) is 4.94. The molecule has 12 nitrogen and oxygen atoms in total. The number of nitrogens with one attached hydrogen (secondary N) is 3. The lowest BCUT2D eigenvalue weighted by Gasteiger charge is -2.31. The van der Waals surface area contributed by atoms with Crippen LogP contribution >= 0.6 is 0 Å². The van der Waals surface area contributed by atoms with Crippen LogP contribution in [-0.4, -0.2) is 92.9 Å². The molecule has 304 valence electrons. The van der Waals surface area contributed by atoms with Gasteiger partial charge in [0.2, 0.25) is 11.8 Å². The number of methoxy groups -OCH3 is 1. The SMILES string of the molecule is COC(=O)N[C@H](C(=O)N1CCC[C@H]1c1ncc(-c2ccc3cc(-c4ccc(-c5cnc([C@@H]6CCCN6C(=O)[C@@H](c6ccccc6)N(C)C)[nH]5)cc4)ccc3c2)[nH]1)C(C)C. The number of amides is 3. The number of carbonyl (C=O) groups is 3. The number of H-pyrrole nitrogens is 2. The van der Waals surface area contributed by atoms with Gasteiger partial charge in [0.05, 0.1) is 43.0 Å². The molecular weight excluding hydrogens is 741 g/mol. The Balaban J connectivity index is 0.944. The first-order chi connectivity index (χ1) is 28.6. The van der Waals surface area contributed by atoms with E-state index in [-0.39, 0.29) is 35.9 Å². The fourth-order valence-corrected chi connectivity index (χ4v) is 8.70. The zero-order valence-corrected chi connectivity index (χ0v) is 34.3. The molecule has 2 saturated heterocycles. The van der Waals surface area contributed by atoms with Crippen LogP contribution < -0.4 is 5.32 Å². The number of aromatic nitrogens is 4. The molecule has 0 aliphatic carbocycles. The summed E-state index contributed by atoms with van der Waals surface area (Å²) in [5.74, 6) is 1.43. The first-order valence-electron chi connectivity index (χ1n) is 20.5. The molecule has 8 rings (SSSR count). The predicted octanol–water partition coefficient (Wildman–Crippen LogP) is 8.30. The van der Waals surface area contributed by atoms with Crippen LogP contribution in [0.25, 0.3) is 44.4 Å². The number of fused-ring (bicyclic) bond motifs is 1. The molecule has 0 saturated carbocycles. The number of imidazole rings is 2. The number of hydrogen-bond donors (Lipinski definition) is 3. The minimum absolute atomic E-state index is 0.0932. The second-order valence-electron chi connectivity index (χ2n) is 16.2. The molecule has 4 atom stereocenters. The van der Waals surface area contributed by atoms with Crippen molar-refractivity contribution in [2.24, 2.45) is 5.92 Å². The van der Waals surface area contributed by atoms with Crippen LogP contribution in [0.3, 0.4) is 0 Å². The molecule has 3 amide bonds. The van der Waals surface area contributed by atoms with Crippen LogP contribution in [0.4, 0.5) is 4.79 Å². The van der Waals surface area contributed by atoms with Gasteiger partial charge in [-0.15, -0.1) is 0 Å². The number of ether oxygens (including phenoxy) is 1. The molecule has 12 heteroatoms. The maximum atomic E-state index is 13.9. The van der Waals surface area contributed by atoms with Crippen LogP contribution in [0.5, 0.6) is 0 Å². The first kappa shape index (κ1) is 39.6. The molecule has 4 aromatic carbocycles. The lowest BCUT2D eigenvalue weighted by molar-refractivity contribution is -0.137. The van der Waals surface area contributed by atoms with E-state index in [9.17, 15) is 14.4 Å². The van der Waals surface area contributed by atoms with Gasteiger partial charge in [-0.3, -0.25) is 14.5 Å². The van der Waals surface area contributed by atoms with Gasteiger partial charge in [0.25, 0.3) is 0 Å². The molecule has 2 aromatic heterocycles. The van der Waals surface area contributed by atoms with Crippen molar-refractivity contribution in [2.45, 2.75) is 63.7 Å². The second kappa shape index (κ2) is 16.9. The number of alkyl carbamates (subject to hydrolysis) is 1. The number of nitrogens with zero attached hydrogens (tertiary/aromatic N) is 5. The third-order valence-electron chi connectivity index (χ3n) is 11.8. The Morgan fingerprint density at radius 3 is 1.81 bits per heavy atom. The van der Waals surface area contributed by atoms with Gasteiger partial charge in [0.1, 0.15) is 23.7 Å². The highest BCUT2D eigenvalue weighted by Gasteiger charge is 2.38. The summed E-state index contributed by atoms with van der Waals surface area (Å²) in [6, 6.07) is 30.0. The first-order valence-corrected chi connectivity index (χ1v) is 20.5. The van der Waals surface area contributed by atoms with E-state index in [1.54, 1.807) is 0 Å². The van der Waals surface area contributed by atoms with Gasteiger partial charge >= 0.3 is 6.09 Å². The average molecular weight is 793 g/mol. The highest BCUT2D eigenvalue weighted by Crippen LogP contribution is 2.37. The molecule has 6 aromatic rings. The van der Waals surface area contributed by atoms with E-state index in [4.69, 9.17) is 14.7 Å². The number of hydrogen-bond acceptors (Lipinski definition) is 7. The van der Waals surface area contributed by atoms with E-state index in [2.05, 4.69) is 75.9 Å². The zero-order valence-electron chi connectivity index (χ0n) is 34.3. The smallest absolute Gasteiger partial charge is 0.407 e. The van der Waals surface area contributed by atoms with Gasteiger partial charge in [-0.1, -0.05) is 92.7 Å². The van der Waals surface area contributed by atoms with Crippen LogP contribution in [-0.2, 0) is 14.3 Å². The number of benzene rings is 4. The molecule has 2 aliphatic heterocycles. The van der Waals surface area contributed by atoms with Gasteiger partial charge < -0.3 is 29.8 Å². The number of aromatic amines is 2. The van der Waals surface area contributed by atoms with Crippen molar-refractivity contribution in [3.8, 4) is 33.6 Å². The Labute approximate surface area is 345 Å². The lowest BCUT2D eigenvalue weighted by atomic mass is 9.98. The van der Waals surface area contributed by atoms with Gasteiger partial charge in [-0.2, -0.15) is 0 Å². The van der Waals surface area contributed by atoms with Crippen molar-refractivity contribution in [3.05, 3.63) is 121 Å². The third-order valence-corrected chi connectivity index (χ3v) is 11.8. The molecule has 3 N–H and O–H groups in total. The molecular formula is C47H52N8O4. The van der Waals surface area contributed by atoms with E-state index in [0.29, 0.717) is 13.1 Å². The molecule has 59 heavy (non-hydrogen) atoms. The topological polar surface area (TPSA) is 140 Å². The number of carbonyl (C=O) groups excluding carboxylic acids is 3. The highest BCUT2D eigenvalue weighted by molar-refractivity contribution is 5.91. The van der Waals surface area contributed by atoms with E-state index >= 15 is 0 Å². The standard InChI is InChI=1S/C47H52N8O4/c1-29(2)41(52-47(58)59-5)45(56)54-23-9-13-39(54)43-49-28-38(51-43)36-22-21-34-25-33(19-20-35(34)26-36)30-15-17-31(18-16-30)37-27-48-44(50-37)40-14-10-24-55(40)46(57)42(53(3)4)32-11-7-6-8-12-32/h6-8,11-12,15-22,25-29,39-42H,9-10,13-14,23-24H2,1-5H3,(H,48,50)(H,49,51)(H,52,58)/t39-,40-,41-,42+/m0/s1. The Hall–Kier alpha value is -6.27. The minimum atomic E-state index is -0.680. The summed E-state index contributed by atoms with van der Waals surface area (Å²) >= 11 is 0. The molecule has 2 aliphatic rings. The van der Waals surface area contributed by atoms with Crippen molar-refractivity contribution < 1.29 is 19.1 Å². The Bertz CT molecular complexity index is 2440. The quantitative estimate of drug-likeness (QED) is 0.120. The molecule has 0 unspecified atom stereocenters. The predicted molar refractivity (Wildman–Crippen MR) is 229 cm³/mol. The van der Waals surface area contributed by atoms with Gasteiger partial charge in [0.15, 0.2) is 0 Å². The summed E-state index contributed by atoms with van der Waals surface area (Å²) in [5.41, 5.74) is 7.07. The highest BCUT2D eigenvalue weighted by atomic mass is 16.5. The van der Waals surface area contributed by atoms with Crippen molar-refractivity contribution in [3.63, 3.8) is 0 Å². The van der Waals surface area contributed by atoms with Crippen LogP contribution in [0.2, 0.25) is 0 Å². The largest absolute Gasteiger partial charge is 0.453 e. The minimum Gasteiger partial charge on any atom is -0.453 e. The second-order valence-corrected chi connectivity index (χ2v) is 16.2. The fourth-order valence-electron chi connectivity index (χ4n) is 8.70. The van der Waals surface area contributed by atoms with E-state index in [1.165, 1.54) is 7.11 Å². The lowest BCUT2D eigenvalue weighted by Crippen LogP contribution is -2.51. The summed E-state index contributed by atoms with van der Waals surface area (Å²) in [6.45, 7) is 5.14. The summed E-state index contributed by atoms with van der Waals surface area (Å²) in [6.07, 6.45) is 6.55. The van der Waals surface area contributed by atoms with Crippen molar-refractivity contribution in [2.75, 3.05) is 34.3 Å². The molecule has 0 radical (unpaired) electrons. The summed E-state index contributed by atoms with van der Waals surface area (Å²) in [4.78, 5) is 61.9. The Kier molecular flexibility index (Phi) is 11.3. The Morgan fingerprint density at radius 2 is 1.24 bits per heavy atom. The van der Waals surface area contributed by atoms with Crippen LogP contribution in [0, 0.1) is 5.92 Å². The van der Waals surface area contributed by atoms with Crippen molar-refractivity contribution in [1.29, 1.82) is 0 Å². The molecule has 4 heterocycles. The third kappa shape index (κ3) is 8.09. The van der Waals surface area contributed by atoms with E-state index in [0.717, 1.165) is 87.3 Å². The van der Waals surface area contributed by atoms with Crippen molar-refractivity contribution in [1.82, 2.24) is 40.0 Å². The molecule has 2 fully saturated rings. The fraction of sp³-hybridized carbons (Fsp3) is 0.340. The molecule has 0 spiro atoms. The maximum Gasteiger partial charge on any atom is 0.407 e. The summed E-state index contributed by atoms with van der Waals surface area (Å²) < 4.78 is 4.77. The van der Waals surface area contributed by atoms with E-state index < -0.39 is 12.1 Å². The van der Waals surface area contributed by atoms with Gasteiger partial charge in [-0.25, -0.2) is 14.8 Å². The number of rotatable bonds is 11. The Morgan fingerprint density at radius 1 is 0.712 bits per heavy atom. The zero-order chi connectivity index (χ0) is 41.2. The summed E-state index contributed by atoms with van der Waals surface area (Å²) in [7, 11) is 5.21. The molecule has 0 bridgehead atoms. The van der Waals surface area contributed by atoms with Crippen molar-refractivity contribution >= 4 is 28.7 Å². The van der Waals surface area contributed by atoms with Gasteiger partial charge in [-0.05, 0) is 90.9 Å². The number of likely N-dealkylation sites (N-methyl/N-ethyl adjacent to an activating group) is 1. The van der Waals surface area contributed by atoms with Crippen LogP contribution in [0.15, 0.2) is 103 Å². The van der Waals surface area contributed by atoms with Crippen LogP contribution in [0.1, 0.15) is 74.9 Å². The maximum absolute atomic E-state index is 13.9.